The van der Waals surface area contributed by atoms with Crippen LogP contribution in [0, 0.1) is 5.92 Å². The van der Waals surface area contributed by atoms with E-state index in [-0.39, 0.29) is 0 Å². The third kappa shape index (κ3) is 2.96. The van der Waals surface area contributed by atoms with E-state index < -0.39 is 0 Å². The zero-order valence-electron chi connectivity index (χ0n) is 8.43. The molecule has 2 saturated heterocycles. The highest BCUT2D eigenvalue weighted by atomic mass is 16.5. The van der Waals surface area contributed by atoms with Gasteiger partial charge < -0.3 is 10.1 Å². The van der Waals surface area contributed by atoms with Gasteiger partial charge >= 0.3 is 0 Å². The van der Waals surface area contributed by atoms with Gasteiger partial charge in [0.25, 0.3) is 0 Å². The fourth-order valence-electron chi connectivity index (χ4n) is 2.51. The van der Waals surface area contributed by atoms with E-state index in [2.05, 4.69) is 5.32 Å². The lowest BCUT2D eigenvalue weighted by atomic mass is 9.89. The average molecular weight is 183 g/mol. The van der Waals surface area contributed by atoms with Crippen LogP contribution in [0.4, 0.5) is 0 Å². The normalized spacial score (nSPS) is 31.8. The van der Waals surface area contributed by atoms with Crippen molar-refractivity contribution in [2.45, 2.75) is 44.6 Å². The molecule has 2 fully saturated rings. The molecule has 1 atom stereocenters. The maximum atomic E-state index is 5.37. The van der Waals surface area contributed by atoms with Crippen LogP contribution in [-0.2, 0) is 4.74 Å². The molecule has 2 heterocycles. The summed E-state index contributed by atoms with van der Waals surface area (Å²) in [5, 5.41) is 3.63. The Hall–Kier alpha value is -0.0800. The van der Waals surface area contributed by atoms with Crippen molar-refractivity contribution in [3.05, 3.63) is 0 Å². The molecule has 0 spiro atoms. The summed E-state index contributed by atoms with van der Waals surface area (Å²) in [6, 6.07) is 0.817. The molecule has 76 valence electrons. The Bertz CT molecular complexity index is 121. The van der Waals surface area contributed by atoms with Crippen molar-refractivity contribution < 1.29 is 4.74 Å². The van der Waals surface area contributed by atoms with Crippen LogP contribution in [0.5, 0.6) is 0 Å². The number of nitrogens with one attached hydrogen (secondary N) is 1. The number of piperidine rings is 1. The summed E-state index contributed by atoms with van der Waals surface area (Å²) in [6.07, 6.45) is 8.18. The van der Waals surface area contributed by atoms with Crippen LogP contribution in [0.2, 0.25) is 0 Å². The van der Waals surface area contributed by atoms with E-state index in [4.69, 9.17) is 4.74 Å². The summed E-state index contributed by atoms with van der Waals surface area (Å²) < 4.78 is 5.37. The molecule has 0 aromatic carbocycles. The van der Waals surface area contributed by atoms with Gasteiger partial charge in [-0.25, -0.2) is 0 Å². The summed E-state index contributed by atoms with van der Waals surface area (Å²) in [4.78, 5) is 0. The monoisotopic (exact) mass is 183 g/mol. The third-order valence-electron chi connectivity index (χ3n) is 3.37. The molecule has 0 bridgehead atoms. The highest BCUT2D eigenvalue weighted by Crippen LogP contribution is 2.23. The summed E-state index contributed by atoms with van der Waals surface area (Å²) in [7, 11) is 0. The van der Waals surface area contributed by atoms with Crippen LogP contribution in [-0.4, -0.2) is 25.8 Å². The second-order valence-electron chi connectivity index (χ2n) is 4.44. The highest BCUT2D eigenvalue weighted by molar-refractivity contribution is 4.76. The predicted molar refractivity (Wildman–Crippen MR) is 53.8 cm³/mol. The minimum atomic E-state index is 0.817. The molecule has 2 rings (SSSR count). The quantitative estimate of drug-likeness (QED) is 0.706. The van der Waals surface area contributed by atoms with E-state index in [0.29, 0.717) is 0 Å². The molecule has 0 amide bonds. The minimum absolute atomic E-state index is 0.817. The van der Waals surface area contributed by atoms with Crippen LogP contribution in [0.15, 0.2) is 0 Å². The topological polar surface area (TPSA) is 21.3 Å². The molecule has 1 unspecified atom stereocenters. The van der Waals surface area contributed by atoms with Crippen LogP contribution >= 0.6 is 0 Å². The zero-order chi connectivity index (χ0) is 8.93. The predicted octanol–water partition coefficient (Wildman–Crippen LogP) is 1.95. The van der Waals surface area contributed by atoms with Crippen LogP contribution in [0.1, 0.15) is 38.5 Å². The second-order valence-corrected chi connectivity index (χ2v) is 4.44. The largest absolute Gasteiger partial charge is 0.381 e. The van der Waals surface area contributed by atoms with Gasteiger partial charge in [0, 0.05) is 19.3 Å². The first kappa shape index (κ1) is 9.47. The van der Waals surface area contributed by atoms with Crippen LogP contribution in [0.25, 0.3) is 0 Å². The van der Waals surface area contributed by atoms with Crippen molar-refractivity contribution in [2.75, 3.05) is 19.8 Å². The van der Waals surface area contributed by atoms with Crippen molar-refractivity contribution in [2.24, 2.45) is 5.92 Å². The Morgan fingerprint density at radius 3 is 2.62 bits per heavy atom. The molecular weight excluding hydrogens is 162 g/mol. The van der Waals surface area contributed by atoms with E-state index >= 15 is 0 Å². The summed E-state index contributed by atoms with van der Waals surface area (Å²) in [5.41, 5.74) is 0. The number of ether oxygens (including phenoxy) is 1. The van der Waals surface area contributed by atoms with Gasteiger partial charge in [-0.15, -0.1) is 0 Å². The average Bonchev–Trinajstić information content (AvgIpc) is 2.21. The first-order valence-corrected chi connectivity index (χ1v) is 5.76. The summed E-state index contributed by atoms with van der Waals surface area (Å²) in [5.74, 6) is 0.935. The molecule has 1 N–H and O–H groups in total. The standard InChI is InChI=1S/C11H21NO/c1-2-6-12-11(3-1)9-10-4-7-13-8-5-10/h10-12H,1-9H2. The Labute approximate surface area is 81.0 Å². The van der Waals surface area contributed by atoms with Gasteiger partial charge in [0.2, 0.25) is 0 Å². The van der Waals surface area contributed by atoms with Gasteiger partial charge in [-0.3, -0.25) is 0 Å². The van der Waals surface area contributed by atoms with Crippen molar-refractivity contribution in [1.29, 1.82) is 0 Å². The molecule has 0 aromatic heterocycles. The fraction of sp³-hybridized carbons (Fsp3) is 1.00. The summed E-state index contributed by atoms with van der Waals surface area (Å²) in [6.45, 7) is 3.24. The van der Waals surface area contributed by atoms with Gasteiger partial charge in [-0.2, -0.15) is 0 Å². The molecule has 0 saturated carbocycles. The SMILES string of the molecule is C1CCC(CC2CCOCC2)NC1. The van der Waals surface area contributed by atoms with E-state index in [1.54, 1.807) is 0 Å². The Kier molecular flexibility index (Phi) is 3.62. The minimum Gasteiger partial charge on any atom is -0.381 e. The molecule has 13 heavy (non-hydrogen) atoms. The first-order valence-electron chi connectivity index (χ1n) is 5.76. The van der Waals surface area contributed by atoms with Crippen molar-refractivity contribution in [1.82, 2.24) is 5.32 Å². The lowest BCUT2D eigenvalue weighted by Crippen LogP contribution is -2.36. The Morgan fingerprint density at radius 1 is 1.08 bits per heavy atom. The molecule has 2 aliphatic rings. The van der Waals surface area contributed by atoms with Crippen molar-refractivity contribution in [3.8, 4) is 0 Å². The van der Waals surface area contributed by atoms with Gasteiger partial charge in [0.05, 0.1) is 0 Å². The third-order valence-corrected chi connectivity index (χ3v) is 3.37. The highest BCUT2D eigenvalue weighted by Gasteiger charge is 2.20. The molecule has 0 aromatic rings. The van der Waals surface area contributed by atoms with Gasteiger partial charge in [-0.05, 0) is 44.6 Å². The summed E-state index contributed by atoms with van der Waals surface area (Å²) >= 11 is 0. The van der Waals surface area contributed by atoms with Crippen molar-refractivity contribution in [3.63, 3.8) is 0 Å². The molecule has 2 nitrogen and oxygen atoms in total. The number of rotatable bonds is 2. The smallest absolute Gasteiger partial charge is 0.0468 e. The molecule has 0 aliphatic carbocycles. The van der Waals surface area contributed by atoms with Gasteiger partial charge in [0.1, 0.15) is 0 Å². The molecule has 2 aliphatic heterocycles. The van der Waals surface area contributed by atoms with E-state index in [1.807, 2.05) is 0 Å². The molecule has 0 radical (unpaired) electrons. The van der Waals surface area contributed by atoms with Gasteiger partial charge in [0.15, 0.2) is 0 Å². The molecular formula is C11H21NO. The van der Waals surface area contributed by atoms with Crippen molar-refractivity contribution >= 4 is 0 Å². The lowest BCUT2D eigenvalue weighted by Gasteiger charge is -2.29. The van der Waals surface area contributed by atoms with Crippen LogP contribution < -0.4 is 5.32 Å². The fourth-order valence-corrected chi connectivity index (χ4v) is 2.51. The maximum Gasteiger partial charge on any atom is 0.0468 e. The van der Waals surface area contributed by atoms with E-state index in [0.717, 1.165) is 25.2 Å². The Balaban J connectivity index is 1.69. The Morgan fingerprint density at radius 2 is 1.92 bits per heavy atom. The maximum absolute atomic E-state index is 5.37. The lowest BCUT2D eigenvalue weighted by molar-refractivity contribution is 0.0595. The zero-order valence-corrected chi connectivity index (χ0v) is 8.43. The molecule has 2 heteroatoms. The van der Waals surface area contributed by atoms with Gasteiger partial charge in [-0.1, -0.05) is 6.42 Å². The first-order chi connectivity index (χ1) is 6.45. The van der Waals surface area contributed by atoms with E-state index in [1.165, 1.54) is 45.1 Å². The second kappa shape index (κ2) is 4.97. The number of hydrogen-bond donors (Lipinski definition) is 1. The number of hydrogen-bond acceptors (Lipinski definition) is 2. The van der Waals surface area contributed by atoms with Crippen LogP contribution in [0.3, 0.4) is 0 Å². The van der Waals surface area contributed by atoms with E-state index in [9.17, 15) is 0 Å².